The van der Waals surface area contributed by atoms with Crippen LogP contribution in [0.5, 0.6) is 0 Å². The molecule has 0 aliphatic carbocycles. The summed E-state index contributed by atoms with van der Waals surface area (Å²) in [5, 5.41) is 2.95. The van der Waals surface area contributed by atoms with Crippen LogP contribution in [-0.4, -0.2) is 64.0 Å². The Kier molecular flexibility index (Phi) is 7.24. The number of hydrogen-bond donors (Lipinski definition) is 1. The number of nitrogens with one attached hydrogen (secondary N) is 1. The first-order valence-corrected chi connectivity index (χ1v) is 12.9. The molecule has 1 atom stereocenters. The number of piperidine rings is 1. The van der Waals surface area contributed by atoms with Crippen molar-refractivity contribution in [3.05, 3.63) is 101 Å². The van der Waals surface area contributed by atoms with Crippen LogP contribution in [0, 0.1) is 13.8 Å². The summed E-state index contributed by atoms with van der Waals surface area (Å²) in [4.78, 5) is 48.0. The van der Waals surface area contributed by atoms with E-state index >= 15 is 0 Å². The van der Waals surface area contributed by atoms with Crippen LogP contribution in [0.1, 0.15) is 50.2 Å². The number of ether oxygens (including phenoxy) is 1. The van der Waals surface area contributed by atoms with Crippen molar-refractivity contribution in [1.82, 2.24) is 20.1 Å². The number of carbonyl (C=O) groups excluding carboxylic acids is 3. The van der Waals surface area contributed by atoms with Gasteiger partial charge in [-0.05, 0) is 49.7 Å². The molecule has 0 saturated carbocycles. The second-order valence-corrected chi connectivity index (χ2v) is 10.1. The predicted molar refractivity (Wildman–Crippen MR) is 142 cm³/mol. The van der Waals surface area contributed by atoms with Gasteiger partial charge in [0.1, 0.15) is 11.8 Å². The lowest BCUT2D eigenvalue weighted by molar-refractivity contribution is -0.128. The third-order valence-electron chi connectivity index (χ3n) is 7.33. The quantitative estimate of drug-likeness (QED) is 0.565. The first-order valence-electron chi connectivity index (χ1n) is 12.9. The van der Waals surface area contributed by atoms with Crippen molar-refractivity contribution in [2.75, 3.05) is 19.7 Å². The van der Waals surface area contributed by atoms with E-state index in [1.807, 2.05) is 68.4 Å². The molecule has 1 spiro atoms. The van der Waals surface area contributed by atoms with E-state index in [1.54, 1.807) is 28.3 Å². The molecule has 2 fully saturated rings. The summed E-state index contributed by atoms with van der Waals surface area (Å²) in [7, 11) is 0. The highest BCUT2D eigenvalue weighted by Gasteiger charge is 2.54. The Morgan fingerprint density at radius 2 is 1.61 bits per heavy atom. The van der Waals surface area contributed by atoms with Gasteiger partial charge in [0.25, 0.3) is 11.8 Å². The Morgan fingerprint density at radius 3 is 2.21 bits per heavy atom. The molecule has 2 saturated heterocycles. The molecular weight excluding hydrogens is 480 g/mol. The van der Waals surface area contributed by atoms with Crippen molar-refractivity contribution in [1.29, 1.82) is 0 Å². The molecular formula is C30H32N4O4. The first-order chi connectivity index (χ1) is 18.4. The third-order valence-corrected chi connectivity index (χ3v) is 7.33. The van der Waals surface area contributed by atoms with Crippen molar-refractivity contribution in [2.45, 2.75) is 45.0 Å². The van der Waals surface area contributed by atoms with Gasteiger partial charge in [-0.3, -0.25) is 24.3 Å². The van der Waals surface area contributed by atoms with Gasteiger partial charge in [0.05, 0.1) is 6.61 Å². The lowest BCUT2D eigenvalue weighted by Gasteiger charge is -2.44. The van der Waals surface area contributed by atoms with Crippen molar-refractivity contribution >= 4 is 17.7 Å². The average Bonchev–Trinajstić information content (AvgIpc) is 3.30. The van der Waals surface area contributed by atoms with E-state index in [9.17, 15) is 14.4 Å². The molecule has 3 amide bonds. The minimum absolute atomic E-state index is 0.0381. The van der Waals surface area contributed by atoms with Crippen LogP contribution in [0.3, 0.4) is 0 Å². The molecule has 1 N–H and O–H groups in total. The molecule has 5 rings (SSSR count). The summed E-state index contributed by atoms with van der Waals surface area (Å²) in [5.41, 5.74) is 3.06. The number of hydrogen-bond acceptors (Lipinski definition) is 5. The van der Waals surface area contributed by atoms with Gasteiger partial charge in [0.2, 0.25) is 5.91 Å². The van der Waals surface area contributed by atoms with E-state index in [0.717, 1.165) is 16.7 Å². The normalized spacial score (nSPS) is 18.4. The summed E-state index contributed by atoms with van der Waals surface area (Å²) < 4.78 is 6.30. The van der Waals surface area contributed by atoms with Gasteiger partial charge < -0.3 is 15.0 Å². The highest BCUT2D eigenvalue weighted by molar-refractivity contribution is 5.99. The zero-order chi connectivity index (χ0) is 26.7. The standard InChI is InChI=1S/C30H32N4O4/c1-21-6-3-9-24(16-21)28(36)33-14-11-30(12-15-33)34(29(37)25-10-4-7-22(2)17-25)26(20-38-30)27(35)32-19-23-8-5-13-31-18-23/h3-10,13,16-18,26H,11-12,14-15,19-20H2,1-2H3,(H,32,35)/t26-/m1/s1. The number of rotatable bonds is 5. The summed E-state index contributed by atoms with van der Waals surface area (Å²) in [6.07, 6.45) is 4.23. The Morgan fingerprint density at radius 1 is 0.947 bits per heavy atom. The fraction of sp³-hybridized carbons (Fsp3) is 0.333. The van der Waals surface area contributed by atoms with Gasteiger partial charge in [-0.2, -0.15) is 0 Å². The smallest absolute Gasteiger partial charge is 0.256 e. The maximum atomic E-state index is 13.9. The van der Waals surface area contributed by atoms with Crippen LogP contribution in [-0.2, 0) is 16.1 Å². The molecule has 0 unspecified atom stereocenters. The van der Waals surface area contributed by atoms with E-state index in [2.05, 4.69) is 10.3 Å². The molecule has 38 heavy (non-hydrogen) atoms. The van der Waals surface area contributed by atoms with Gasteiger partial charge in [0, 0.05) is 56.0 Å². The predicted octanol–water partition coefficient (Wildman–Crippen LogP) is 3.49. The van der Waals surface area contributed by atoms with Gasteiger partial charge in [-0.15, -0.1) is 0 Å². The Hall–Kier alpha value is -4.04. The minimum atomic E-state index is -0.958. The average molecular weight is 513 g/mol. The molecule has 1 aromatic heterocycles. The van der Waals surface area contributed by atoms with E-state index in [4.69, 9.17) is 4.74 Å². The molecule has 8 heteroatoms. The highest BCUT2D eigenvalue weighted by atomic mass is 16.5. The molecule has 196 valence electrons. The fourth-order valence-electron chi connectivity index (χ4n) is 5.31. The largest absolute Gasteiger partial charge is 0.353 e. The third kappa shape index (κ3) is 5.17. The Bertz CT molecular complexity index is 1330. The lowest BCUT2D eigenvalue weighted by Crippen LogP contribution is -2.59. The summed E-state index contributed by atoms with van der Waals surface area (Å²) >= 11 is 0. The van der Waals surface area contributed by atoms with Crippen LogP contribution in [0.15, 0.2) is 73.1 Å². The van der Waals surface area contributed by atoms with Gasteiger partial charge in [-0.1, -0.05) is 41.5 Å². The molecule has 0 radical (unpaired) electrons. The lowest BCUT2D eigenvalue weighted by atomic mass is 9.95. The van der Waals surface area contributed by atoms with Crippen molar-refractivity contribution in [2.24, 2.45) is 0 Å². The van der Waals surface area contributed by atoms with Gasteiger partial charge in [-0.25, -0.2) is 0 Å². The number of carbonyl (C=O) groups is 3. The van der Waals surface area contributed by atoms with E-state index in [1.165, 1.54) is 0 Å². The number of amides is 3. The van der Waals surface area contributed by atoms with Crippen LogP contribution < -0.4 is 5.32 Å². The van der Waals surface area contributed by atoms with Crippen LogP contribution in [0.25, 0.3) is 0 Å². The molecule has 2 aliphatic rings. The number of nitrogens with zero attached hydrogens (tertiary/aromatic N) is 3. The molecule has 3 heterocycles. The van der Waals surface area contributed by atoms with E-state index < -0.39 is 11.8 Å². The van der Waals surface area contributed by atoms with Gasteiger partial charge in [0.15, 0.2) is 0 Å². The Balaban J connectivity index is 1.37. The summed E-state index contributed by atoms with van der Waals surface area (Å²) in [6.45, 7) is 5.15. The van der Waals surface area contributed by atoms with Crippen molar-refractivity contribution in [3.63, 3.8) is 0 Å². The van der Waals surface area contributed by atoms with Crippen molar-refractivity contribution in [3.8, 4) is 0 Å². The summed E-state index contributed by atoms with van der Waals surface area (Å²) in [6, 6.07) is 17.8. The summed E-state index contributed by atoms with van der Waals surface area (Å²) in [5.74, 6) is -0.556. The number of pyridine rings is 1. The topological polar surface area (TPSA) is 91.8 Å². The number of aryl methyl sites for hydroxylation is 2. The molecule has 2 aromatic carbocycles. The maximum absolute atomic E-state index is 13.9. The number of aromatic nitrogens is 1. The zero-order valence-electron chi connectivity index (χ0n) is 21.7. The van der Waals surface area contributed by atoms with Crippen molar-refractivity contribution < 1.29 is 19.1 Å². The minimum Gasteiger partial charge on any atom is -0.353 e. The number of benzene rings is 2. The van der Waals surface area contributed by atoms with Crippen LogP contribution >= 0.6 is 0 Å². The first kappa shape index (κ1) is 25.6. The number of likely N-dealkylation sites (tertiary alicyclic amines) is 1. The van der Waals surface area contributed by atoms with E-state index in [-0.39, 0.29) is 24.3 Å². The Labute approximate surface area is 222 Å². The molecule has 0 bridgehead atoms. The highest BCUT2D eigenvalue weighted by Crippen LogP contribution is 2.39. The molecule has 3 aromatic rings. The van der Waals surface area contributed by atoms with E-state index in [0.29, 0.717) is 43.6 Å². The zero-order valence-corrected chi connectivity index (χ0v) is 21.7. The monoisotopic (exact) mass is 512 g/mol. The SMILES string of the molecule is Cc1cccc(C(=O)N2CCC3(CC2)OC[C@H](C(=O)NCc2cccnc2)N3C(=O)c2cccc(C)c2)c1. The fourth-order valence-corrected chi connectivity index (χ4v) is 5.31. The second kappa shape index (κ2) is 10.8. The molecule has 2 aliphatic heterocycles. The molecule has 8 nitrogen and oxygen atoms in total. The van der Waals surface area contributed by atoms with Gasteiger partial charge >= 0.3 is 0 Å². The van der Waals surface area contributed by atoms with Crippen LogP contribution in [0.4, 0.5) is 0 Å². The maximum Gasteiger partial charge on any atom is 0.256 e. The second-order valence-electron chi connectivity index (χ2n) is 10.1. The van der Waals surface area contributed by atoms with Crippen LogP contribution in [0.2, 0.25) is 0 Å².